The van der Waals surface area contributed by atoms with Gasteiger partial charge >= 0.3 is 11.9 Å². The lowest BCUT2D eigenvalue weighted by Gasteiger charge is -2.00. The van der Waals surface area contributed by atoms with Gasteiger partial charge in [0, 0.05) is 12.8 Å². The van der Waals surface area contributed by atoms with Crippen LogP contribution in [0, 0.1) is 0 Å². The second-order valence-corrected chi connectivity index (χ2v) is 6.18. The second kappa shape index (κ2) is 20.9. The number of carbonyl (C=O) groups is 2. The molecule has 0 bridgehead atoms. The van der Waals surface area contributed by atoms with E-state index in [1.807, 2.05) is 0 Å². The van der Waals surface area contributed by atoms with Gasteiger partial charge < -0.3 is 10.2 Å². The van der Waals surface area contributed by atoms with Gasteiger partial charge in [-0.1, -0.05) is 84.5 Å². The van der Waals surface area contributed by atoms with Crippen molar-refractivity contribution >= 4 is 11.9 Å². The van der Waals surface area contributed by atoms with E-state index in [0.717, 1.165) is 0 Å². The molecule has 0 aromatic carbocycles. The molecule has 23 heavy (non-hydrogen) atoms. The highest BCUT2D eigenvalue weighted by molar-refractivity contribution is 5.67. The van der Waals surface area contributed by atoms with E-state index in [2.05, 4.69) is 13.8 Å². The fraction of sp³-hybridized carbons (Fsp3) is 0.895. The Kier molecular flexibility index (Phi) is 22.0. The largest absolute Gasteiger partial charge is 0.481 e. The molecule has 2 N–H and O–H groups in total. The summed E-state index contributed by atoms with van der Waals surface area (Å²) in [6.45, 7) is 4.56. The average Bonchev–Trinajstić information content (AvgIpc) is 2.50. The lowest BCUT2D eigenvalue weighted by atomic mass is 10.1. The van der Waals surface area contributed by atoms with Crippen molar-refractivity contribution in [2.45, 2.75) is 110 Å². The minimum atomic E-state index is -0.870. The van der Waals surface area contributed by atoms with Gasteiger partial charge in [-0.15, -0.1) is 0 Å². The van der Waals surface area contributed by atoms with Gasteiger partial charge in [-0.2, -0.15) is 0 Å². The number of hydrogen-bond donors (Lipinski definition) is 2. The Morgan fingerprint density at radius 2 is 0.783 bits per heavy atom. The smallest absolute Gasteiger partial charge is 0.303 e. The third-order valence-electron chi connectivity index (χ3n) is 3.74. The molecule has 4 nitrogen and oxygen atoms in total. The molecule has 0 aromatic rings. The van der Waals surface area contributed by atoms with E-state index in [1.165, 1.54) is 70.6 Å². The van der Waals surface area contributed by atoms with Crippen molar-refractivity contribution in [3.05, 3.63) is 0 Å². The summed E-state index contributed by atoms with van der Waals surface area (Å²) in [7, 11) is 0. The van der Waals surface area contributed by atoms with E-state index in [9.17, 15) is 9.59 Å². The highest BCUT2D eigenvalue weighted by Crippen LogP contribution is 2.10. The van der Waals surface area contributed by atoms with E-state index in [0.29, 0.717) is 12.8 Å². The van der Waals surface area contributed by atoms with Crippen molar-refractivity contribution in [2.75, 3.05) is 0 Å². The minimum Gasteiger partial charge on any atom is -0.481 e. The molecule has 0 rings (SSSR count). The zero-order valence-electron chi connectivity index (χ0n) is 15.3. The van der Waals surface area contributed by atoms with Crippen LogP contribution in [0.1, 0.15) is 110 Å². The molecule has 4 heteroatoms. The van der Waals surface area contributed by atoms with Crippen LogP contribution in [0.5, 0.6) is 0 Å². The van der Waals surface area contributed by atoms with Gasteiger partial charge in [0.05, 0.1) is 0 Å². The highest BCUT2D eigenvalue weighted by atomic mass is 16.4. The maximum Gasteiger partial charge on any atom is 0.303 e. The van der Waals surface area contributed by atoms with Crippen molar-refractivity contribution in [1.82, 2.24) is 0 Å². The van der Waals surface area contributed by atoms with E-state index in [4.69, 9.17) is 10.2 Å². The standard InChI is InChI=1S/C13H28.C6H10O4/c1-3-5-7-9-11-13-12-10-8-6-4-2;7-5(8)3-1-2-4-6(9)10/h3-13H2,1-2H3;1-4H2,(H,7,8)(H,9,10). The lowest BCUT2D eigenvalue weighted by Crippen LogP contribution is -1.97. The third kappa shape index (κ3) is 29.6. The van der Waals surface area contributed by atoms with Crippen LogP contribution >= 0.6 is 0 Å². The van der Waals surface area contributed by atoms with Crippen LogP contribution in [0.2, 0.25) is 0 Å². The first kappa shape index (κ1) is 24.2. The van der Waals surface area contributed by atoms with Gasteiger partial charge in [-0.25, -0.2) is 0 Å². The van der Waals surface area contributed by atoms with Crippen LogP contribution in [0.15, 0.2) is 0 Å². The number of hydrogen-bond acceptors (Lipinski definition) is 2. The molecule has 0 saturated heterocycles. The van der Waals surface area contributed by atoms with Crippen LogP contribution in [-0.2, 0) is 9.59 Å². The molecule has 0 aliphatic heterocycles. The number of unbranched alkanes of at least 4 members (excludes halogenated alkanes) is 11. The third-order valence-corrected chi connectivity index (χ3v) is 3.74. The molecule has 0 aromatic heterocycles. The van der Waals surface area contributed by atoms with Crippen LogP contribution in [0.25, 0.3) is 0 Å². The van der Waals surface area contributed by atoms with Crippen LogP contribution in [0.3, 0.4) is 0 Å². The Labute approximate surface area is 142 Å². The number of carboxylic acids is 2. The maximum absolute atomic E-state index is 9.90. The van der Waals surface area contributed by atoms with Gasteiger partial charge in [0.1, 0.15) is 0 Å². The topological polar surface area (TPSA) is 74.6 Å². The normalized spacial score (nSPS) is 10.0. The van der Waals surface area contributed by atoms with Crippen molar-refractivity contribution in [3.63, 3.8) is 0 Å². The number of carboxylic acid groups (broad SMARTS) is 2. The van der Waals surface area contributed by atoms with Crippen molar-refractivity contribution in [3.8, 4) is 0 Å². The molecular formula is C19H38O4. The number of rotatable bonds is 15. The molecule has 0 unspecified atom stereocenters. The summed E-state index contributed by atoms with van der Waals surface area (Å²) in [5, 5.41) is 16.3. The molecule has 0 amide bonds. The summed E-state index contributed by atoms with van der Waals surface area (Å²) in [6, 6.07) is 0. The zero-order chi connectivity index (χ0) is 17.8. The Hall–Kier alpha value is -1.06. The molecule has 0 spiro atoms. The molecular weight excluding hydrogens is 292 g/mol. The summed E-state index contributed by atoms with van der Waals surface area (Å²) in [5.74, 6) is -1.74. The average molecular weight is 331 g/mol. The van der Waals surface area contributed by atoms with E-state index >= 15 is 0 Å². The second-order valence-electron chi connectivity index (χ2n) is 6.18. The van der Waals surface area contributed by atoms with Crippen LogP contribution in [-0.4, -0.2) is 22.2 Å². The predicted octanol–water partition coefficient (Wildman–Crippen LogP) is 6.03. The van der Waals surface area contributed by atoms with E-state index < -0.39 is 11.9 Å². The molecule has 0 atom stereocenters. The van der Waals surface area contributed by atoms with Gasteiger partial charge in [0.15, 0.2) is 0 Å². The van der Waals surface area contributed by atoms with Crippen LogP contribution < -0.4 is 0 Å². The summed E-state index contributed by atoms with van der Waals surface area (Å²) in [5.41, 5.74) is 0. The lowest BCUT2D eigenvalue weighted by molar-refractivity contribution is -0.139. The van der Waals surface area contributed by atoms with Crippen LogP contribution in [0.4, 0.5) is 0 Å². The SMILES string of the molecule is CCCCCCCCCCCCC.O=C(O)CCCCC(=O)O. The molecule has 138 valence electrons. The quantitative estimate of drug-likeness (QED) is 0.359. The minimum absolute atomic E-state index is 0.0628. The summed E-state index contributed by atoms with van der Waals surface area (Å²) in [6.07, 6.45) is 17.0. The fourth-order valence-electron chi connectivity index (χ4n) is 2.29. The maximum atomic E-state index is 9.90. The Morgan fingerprint density at radius 3 is 1.00 bits per heavy atom. The van der Waals surface area contributed by atoms with Gasteiger partial charge in [0.2, 0.25) is 0 Å². The molecule has 0 radical (unpaired) electrons. The molecule has 0 aliphatic rings. The Bertz CT molecular complexity index is 238. The summed E-state index contributed by atoms with van der Waals surface area (Å²) < 4.78 is 0. The monoisotopic (exact) mass is 330 g/mol. The predicted molar refractivity (Wildman–Crippen MR) is 95.9 cm³/mol. The first-order valence-electron chi connectivity index (χ1n) is 9.48. The summed E-state index contributed by atoms with van der Waals surface area (Å²) in [4.78, 5) is 19.8. The van der Waals surface area contributed by atoms with Gasteiger partial charge in [-0.3, -0.25) is 9.59 Å². The van der Waals surface area contributed by atoms with Crippen molar-refractivity contribution in [2.24, 2.45) is 0 Å². The van der Waals surface area contributed by atoms with Gasteiger partial charge in [-0.05, 0) is 12.8 Å². The highest BCUT2D eigenvalue weighted by Gasteiger charge is 1.99. The first-order chi connectivity index (χ1) is 11.0. The van der Waals surface area contributed by atoms with Gasteiger partial charge in [0.25, 0.3) is 0 Å². The molecule has 0 heterocycles. The number of aliphatic carboxylic acids is 2. The first-order valence-corrected chi connectivity index (χ1v) is 9.48. The van der Waals surface area contributed by atoms with Crippen molar-refractivity contribution in [1.29, 1.82) is 0 Å². The van der Waals surface area contributed by atoms with E-state index in [-0.39, 0.29) is 12.8 Å². The Morgan fingerprint density at radius 1 is 0.522 bits per heavy atom. The molecule has 0 saturated carbocycles. The Balaban J connectivity index is 0. The molecule has 0 aliphatic carbocycles. The van der Waals surface area contributed by atoms with E-state index in [1.54, 1.807) is 0 Å². The summed E-state index contributed by atoms with van der Waals surface area (Å²) >= 11 is 0. The molecule has 0 fully saturated rings. The fourth-order valence-corrected chi connectivity index (χ4v) is 2.29. The van der Waals surface area contributed by atoms with Crippen molar-refractivity contribution < 1.29 is 19.8 Å². The zero-order valence-corrected chi connectivity index (χ0v) is 15.3.